The fraction of sp³-hybridized carbons (Fsp3) is 0.565. The molecule has 2 aliphatic heterocycles. The molecule has 4 rings (SSSR count). The number of piperidine rings is 1. The molecule has 1 unspecified atom stereocenters. The first-order valence-corrected chi connectivity index (χ1v) is 11.4. The summed E-state index contributed by atoms with van der Waals surface area (Å²) in [5, 5.41) is 2.84. The van der Waals surface area contributed by atoms with Crippen LogP contribution in [0.15, 0.2) is 36.1 Å². The standard InChI is InChI=1S/C23H29F3N4O4/c1-15(31)30(17-8-9-17)18-6-4-10-29(14-18)21(32)27-13-20-12-22(2,28-34-20)16-5-3-7-19(11-16)33-23(24,25)26/h3,5,7,11-12,17-18,28H,4,6,8-10,13-14H2,1-2H3,(H,27,32)/t18-,22?/m1/s1. The Morgan fingerprint density at radius 1 is 1.29 bits per heavy atom. The van der Waals surface area contributed by atoms with Gasteiger partial charge in [-0.1, -0.05) is 12.1 Å². The second-order valence-electron chi connectivity index (χ2n) is 9.15. The van der Waals surface area contributed by atoms with Gasteiger partial charge in [0.15, 0.2) is 0 Å². The van der Waals surface area contributed by atoms with Gasteiger partial charge in [-0.3, -0.25) is 4.79 Å². The maximum Gasteiger partial charge on any atom is 0.573 e. The molecule has 8 nitrogen and oxygen atoms in total. The molecule has 1 saturated heterocycles. The van der Waals surface area contributed by atoms with Crippen LogP contribution in [-0.2, 0) is 15.2 Å². The number of rotatable bonds is 6. The number of nitrogens with zero attached hydrogens (tertiary/aromatic N) is 2. The molecule has 0 aromatic heterocycles. The third-order valence-electron chi connectivity index (χ3n) is 6.31. The summed E-state index contributed by atoms with van der Waals surface area (Å²) >= 11 is 0. The van der Waals surface area contributed by atoms with Gasteiger partial charge in [-0.15, -0.1) is 18.7 Å². The first kappa shape index (κ1) is 24.2. The lowest BCUT2D eigenvalue weighted by Gasteiger charge is -2.39. The van der Waals surface area contributed by atoms with Gasteiger partial charge in [-0.05, 0) is 56.4 Å². The van der Waals surface area contributed by atoms with Crippen molar-refractivity contribution in [1.29, 1.82) is 0 Å². The minimum Gasteiger partial charge on any atom is -0.410 e. The van der Waals surface area contributed by atoms with Crippen molar-refractivity contribution in [2.45, 2.75) is 63.5 Å². The van der Waals surface area contributed by atoms with Crippen LogP contribution in [0.3, 0.4) is 0 Å². The van der Waals surface area contributed by atoms with Crippen LogP contribution in [-0.4, -0.2) is 59.8 Å². The van der Waals surface area contributed by atoms with E-state index in [0.717, 1.165) is 25.7 Å². The number of hydroxylamine groups is 1. The Hall–Kier alpha value is -2.95. The fourth-order valence-electron chi connectivity index (χ4n) is 4.60. The summed E-state index contributed by atoms with van der Waals surface area (Å²) in [6, 6.07) is 5.72. The van der Waals surface area contributed by atoms with E-state index in [2.05, 4.69) is 15.5 Å². The van der Waals surface area contributed by atoms with Crippen molar-refractivity contribution in [1.82, 2.24) is 20.6 Å². The van der Waals surface area contributed by atoms with E-state index >= 15 is 0 Å². The average Bonchev–Trinajstić information content (AvgIpc) is 3.52. The van der Waals surface area contributed by atoms with Crippen molar-refractivity contribution in [3.8, 4) is 5.75 Å². The van der Waals surface area contributed by atoms with Crippen LogP contribution in [0.25, 0.3) is 0 Å². The highest BCUT2D eigenvalue weighted by molar-refractivity contribution is 5.76. The Labute approximate surface area is 196 Å². The quantitative estimate of drug-likeness (QED) is 0.650. The van der Waals surface area contributed by atoms with Gasteiger partial charge in [-0.25, -0.2) is 4.79 Å². The molecule has 0 radical (unpaired) electrons. The van der Waals surface area contributed by atoms with Crippen LogP contribution in [0.1, 0.15) is 45.1 Å². The van der Waals surface area contributed by atoms with E-state index in [1.807, 2.05) is 4.90 Å². The molecule has 2 atom stereocenters. The number of halogens is 3. The molecule has 1 aliphatic carbocycles. The molecule has 3 aliphatic rings. The molecule has 1 saturated carbocycles. The molecule has 3 amide bonds. The highest BCUT2D eigenvalue weighted by Gasteiger charge is 2.39. The Kier molecular flexibility index (Phi) is 6.66. The predicted molar refractivity (Wildman–Crippen MR) is 116 cm³/mol. The van der Waals surface area contributed by atoms with Crippen LogP contribution < -0.4 is 15.5 Å². The van der Waals surface area contributed by atoms with Gasteiger partial charge in [0.2, 0.25) is 5.91 Å². The van der Waals surface area contributed by atoms with Crippen molar-refractivity contribution in [3.05, 3.63) is 41.7 Å². The monoisotopic (exact) mass is 482 g/mol. The van der Waals surface area contributed by atoms with Crippen molar-refractivity contribution < 1.29 is 32.3 Å². The molecule has 2 heterocycles. The van der Waals surface area contributed by atoms with Crippen molar-refractivity contribution >= 4 is 11.9 Å². The molecular weight excluding hydrogens is 453 g/mol. The largest absolute Gasteiger partial charge is 0.573 e. The Bertz CT molecular complexity index is 966. The lowest BCUT2D eigenvalue weighted by Crippen LogP contribution is -2.54. The van der Waals surface area contributed by atoms with Crippen LogP contribution in [0.5, 0.6) is 5.75 Å². The third kappa shape index (κ3) is 5.75. The fourth-order valence-corrected chi connectivity index (χ4v) is 4.60. The Morgan fingerprint density at radius 3 is 2.74 bits per heavy atom. The number of carbonyl (C=O) groups excluding carboxylic acids is 2. The third-order valence-corrected chi connectivity index (χ3v) is 6.31. The number of benzene rings is 1. The van der Waals surface area contributed by atoms with Crippen LogP contribution in [0.4, 0.5) is 18.0 Å². The van der Waals surface area contributed by atoms with Crippen molar-refractivity contribution in [2.75, 3.05) is 19.6 Å². The van der Waals surface area contributed by atoms with E-state index < -0.39 is 11.9 Å². The molecule has 1 aromatic rings. The van der Waals surface area contributed by atoms with Gasteiger partial charge in [0.25, 0.3) is 0 Å². The smallest absolute Gasteiger partial charge is 0.410 e. The number of urea groups is 1. The topological polar surface area (TPSA) is 83.1 Å². The maximum absolute atomic E-state index is 12.8. The minimum atomic E-state index is -4.78. The normalized spacial score (nSPS) is 24.8. The van der Waals surface area contributed by atoms with E-state index in [1.54, 1.807) is 30.9 Å². The summed E-state index contributed by atoms with van der Waals surface area (Å²) in [5.41, 5.74) is 2.43. The number of hydrogen-bond donors (Lipinski definition) is 2. The highest BCUT2D eigenvalue weighted by Crippen LogP contribution is 2.33. The molecule has 11 heteroatoms. The molecule has 1 aromatic carbocycles. The van der Waals surface area contributed by atoms with Gasteiger partial charge in [-0.2, -0.15) is 0 Å². The summed E-state index contributed by atoms with van der Waals surface area (Å²) in [6.45, 7) is 4.54. The number of alkyl halides is 3. The van der Waals surface area contributed by atoms with E-state index in [0.29, 0.717) is 30.5 Å². The number of likely N-dealkylation sites (tertiary alicyclic amines) is 1. The minimum absolute atomic E-state index is 0.0302. The van der Waals surface area contributed by atoms with Crippen LogP contribution >= 0.6 is 0 Å². The number of carbonyl (C=O) groups is 2. The van der Waals surface area contributed by atoms with Crippen LogP contribution in [0.2, 0.25) is 0 Å². The SMILES string of the molecule is CC(=O)N(C1CC1)[C@@H]1CCCN(C(=O)NCC2=CC(C)(c3cccc(OC(F)(F)F)c3)NO2)C1. The van der Waals surface area contributed by atoms with Crippen molar-refractivity contribution in [3.63, 3.8) is 0 Å². The number of ether oxygens (including phenoxy) is 1. The highest BCUT2D eigenvalue weighted by atomic mass is 19.4. The molecular formula is C23H29F3N4O4. The average molecular weight is 483 g/mol. The Balaban J connectivity index is 1.34. The molecule has 186 valence electrons. The van der Waals surface area contributed by atoms with E-state index in [4.69, 9.17) is 4.84 Å². The molecule has 2 N–H and O–H groups in total. The first-order valence-electron chi connectivity index (χ1n) is 11.4. The van der Waals surface area contributed by atoms with Crippen LogP contribution in [0, 0.1) is 0 Å². The molecule has 2 fully saturated rings. The summed E-state index contributed by atoms with van der Waals surface area (Å²) < 4.78 is 41.7. The predicted octanol–water partition coefficient (Wildman–Crippen LogP) is 3.40. The summed E-state index contributed by atoms with van der Waals surface area (Å²) in [4.78, 5) is 34.0. The maximum atomic E-state index is 12.8. The van der Waals surface area contributed by atoms with Gasteiger partial charge in [0.05, 0.1) is 12.1 Å². The molecule has 34 heavy (non-hydrogen) atoms. The zero-order valence-corrected chi connectivity index (χ0v) is 19.2. The van der Waals surface area contributed by atoms with E-state index in [9.17, 15) is 22.8 Å². The second kappa shape index (κ2) is 9.36. The van der Waals surface area contributed by atoms with Gasteiger partial charge in [0.1, 0.15) is 11.5 Å². The van der Waals surface area contributed by atoms with E-state index in [-0.39, 0.29) is 30.3 Å². The number of nitrogens with one attached hydrogen (secondary N) is 2. The summed E-state index contributed by atoms with van der Waals surface area (Å²) in [7, 11) is 0. The molecule has 0 spiro atoms. The lowest BCUT2D eigenvalue weighted by molar-refractivity contribution is -0.274. The van der Waals surface area contributed by atoms with Crippen molar-refractivity contribution in [2.24, 2.45) is 0 Å². The second-order valence-corrected chi connectivity index (χ2v) is 9.15. The lowest BCUT2D eigenvalue weighted by atomic mass is 9.92. The van der Waals surface area contributed by atoms with Gasteiger partial charge in [0, 0.05) is 32.1 Å². The summed E-state index contributed by atoms with van der Waals surface area (Å²) in [6.07, 6.45) is 0.675. The zero-order chi connectivity index (χ0) is 24.5. The number of amides is 3. The zero-order valence-electron chi connectivity index (χ0n) is 19.2. The van der Waals surface area contributed by atoms with Gasteiger partial charge >= 0.3 is 12.4 Å². The van der Waals surface area contributed by atoms with E-state index in [1.165, 1.54) is 18.2 Å². The first-order chi connectivity index (χ1) is 16.0. The molecule has 0 bridgehead atoms. The number of hydrogen-bond acceptors (Lipinski definition) is 5. The summed E-state index contributed by atoms with van der Waals surface area (Å²) in [5.74, 6) is 0.165. The Morgan fingerprint density at radius 2 is 2.06 bits per heavy atom. The van der Waals surface area contributed by atoms with Gasteiger partial charge < -0.3 is 24.7 Å².